The number of piperazine rings is 1. The first-order valence-corrected chi connectivity index (χ1v) is 9.41. The van der Waals surface area contributed by atoms with Crippen molar-refractivity contribution in [1.29, 1.82) is 0 Å². The maximum atomic E-state index is 12.2. The number of likely N-dealkylation sites (N-methyl/N-ethyl adjacent to an activating group) is 1. The van der Waals surface area contributed by atoms with Gasteiger partial charge in [-0.25, -0.2) is 4.79 Å². The highest BCUT2D eigenvalue weighted by Gasteiger charge is 2.26. The molecule has 1 aliphatic carbocycles. The van der Waals surface area contributed by atoms with Crippen molar-refractivity contribution >= 4 is 12.0 Å². The number of ether oxygens (including phenoxy) is 1. The topological polar surface area (TPSA) is 73.9 Å². The molecule has 1 saturated heterocycles. The van der Waals surface area contributed by atoms with Gasteiger partial charge in [0.1, 0.15) is 5.60 Å². The summed E-state index contributed by atoms with van der Waals surface area (Å²) in [5.41, 5.74) is -0.474. The van der Waals surface area contributed by atoms with Crippen molar-refractivity contribution in [3.8, 4) is 0 Å². The molecule has 2 amide bonds. The van der Waals surface area contributed by atoms with Crippen LogP contribution in [0.2, 0.25) is 0 Å². The van der Waals surface area contributed by atoms with Gasteiger partial charge in [0, 0.05) is 38.3 Å². The standard InChI is InChI=1S/C18H34N4O3/c1-18(2,3)25-17(24)20-15-7-5-14(6-8-15)19-16(23)13-22-11-9-21(4)10-12-22/h14-15H,5-13H2,1-4H3,(H,19,23)(H,20,24)/t14-,15+. The molecule has 1 heterocycles. The fourth-order valence-electron chi connectivity index (χ4n) is 3.34. The smallest absolute Gasteiger partial charge is 0.407 e. The van der Waals surface area contributed by atoms with Crippen molar-refractivity contribution in [3.05, 3.63) is 0 Å². The summed E-state index contributed by atoms with van der Waals surface area (Å²) in [6.07, 6.45) is 3.19. The lowest BCUT2D eigenvalue weighted by Gasteiger charge is -2.33. The van der Waals surface area contributed by atoms with Crippen LogP contribution in [0.3, 0.4) is 0 Å². The maximum absolute atomic E-state index is 12.2. The van der Waals surface area contributed by atoms with Crippen LogP contribution in [0.15, 0.2) is 0 Å². The van der Waals surface area contributed by atoms with Gasteiger partial charge in [-0.15, -0.1) is 0 Å². The quantitative estimate of drug-likeness (QED) is 0.793. The summed E-state index contributed by atoms with van der Waals surface area (Å²) in [4.78, 5) is 28.5. The number of carbonyl (C=O) groups excluding carboxylic acids is 2. The van der Waals surface area contributed by atoms with Crippen LogP contribution >= 0.6 is 0 Å². The van der Waals surface area contributed by atoms with E-state index >= 15 is 0 Å². The first kappa shape index (κ1) is 20.0. The van der Waals surface area contributed by atoms with E-state index < -0.39 is 5.60 Å². The van der Waals surface area contributed by atoms with Gasteiger partial charge in [0.25, 0.3) is 0 Å². The molecule has 144 valence electrons. The van der Waals surface area contributed by atoms with Crippen LogP contribution in [0.4, 0.5) is 4.79 Å². The van der Waals surface area contributed by atoms with E-state index in [0.29, 0.717) is 6.54 Å². The molecule has 2 N–H and O–H groups in total. The number of nitrogens with zero attached hydrogens (tertiary/aromatic N) is 2. The number of rotatable bonds is 4. The second kappa shape index (κ2) is 8.85. The average molecular weight is 354 g/mol. The number of amides is 2. The SMILES string of the molecule is CN1CCN(CC(=O)N[C@H]2CC[C@@H](NC(=O)OC(C)(C)C)CC2)CC1. The highest BCUT2D eigenvalue weighted by atomic mass is 16.6. The zero-order valence-corrected chi connectivity index (χ0v) is 16.1. The molecule has 0 spiro atoms. The fraction of sp³-hybridized carbons (Fsp3) is 0.889. The van der Waals surface area contributed by atoms with Crippen LogP contribution in [0, 0.1) is 0 Å². The second-order valence-electron chi connectivity index (χ2n) is 8.34. The van der Waals surface area contributed by atoms with E-state index in [4.69, 9.17) is 4.74 Å². The number of hydrogen-bond acceptors (Lipinski definition) is 5. The van der Waals surface area contributed by atoms with Crippen molar-refractivity contribution in [2.45, 2.75) is 64.1 Å². The van der Waals surface area contributed by atoms with Gasteiger partial charge in [0.15, 0.2) is 0 Å². The van der Waals surface area contributed by atoms with Crippen LogP contribution in [0.1, 0.15) is 46.5 Å². The Hall–Kier alpha value is -1.34. The number of carbonyl (C=O) groups is 2. The minimum atomic E-state index is -0.474. The summed E-state index contributed by atoms with van der Waals surface area (Å²) in [7, 11) is 2.11. The minimum absolute atomic E-state index is 0.119. The molecule has 1 aliphatic heterocycles. The predicted octanol–water partition coefficient (Wildman–Crippen LogP) is 1.19. The van der Waals surface area contributed by atoms with E-state index in [1.165, 1.54) is 0 Å². The van der Waals surface area contributed by atoms with E-state index in [1.807, 2.05) is 20.8 Å². The third kappa shape index (κ3) is 7.61. The second-order valence-corrected chi connectivity index (χ2v) is 8.34. The summed E-state index contributed by atoms with van der Waals surface area (Å²) in [5, 5.41) is 6.08. The predicted molar refractivity (Wildman–Crippen MR) is 97.5 cm³/mol. The molecule has 2 aliphatic rings. The molecule has 0 aromatic carbocycles. The lowest BCUT2D eigenvalue weighted by atomic mass is 9.91. The summed E-state index contributed by atoms with van der Waals surface area (Å²) in [6.45, 7) is 10.0. The van der Waals surface area contributed by atoms with Gasteiger partial charge in [-0.3, -0.25) is 9.69 Å². The Bertz CT molecular complexity index is 448. The Morgan fingerprint density at radius 2 is 1.48 bits per heavy atom. The van der Waals surface area contributed by atoms with E-state index in [2.05, 4.69) is 27.5 Å². The number of alkyl carbamates (subject to hydrolysis) is 1. The van der Waals surface area contributed by atoms with Crippen LogP contribution < -0.4 is 10.6 Å². The fourth-order valence-corrected chi connectivity index (χ4v) is 3.34. The van der Waals surface area contributed by atoms with Gasteiger partial charge in [0.2, 0.25) is 5.91 Å². The van der Waals surface area contributed by atoms with Crippen LogP contribution in [0.25, 0.3) is 0 Å². The first-order chi connectivity index (χ1) is 11.7. The zero-order valence-electron chi connectivity index (χ0n) is 16.1. The molecule has 0 radical (unpaired) electrons. The van der Waals surface area contributed by atoms with Gasteiger partial charge in [-0.2, -0.15) is 0 Å². The molecule has 25 heavy (non-hydrogen) atoms. The summed E-state index contributed by atoms with van der Waals surface area (Å²) in [5.74, 6) is 0.119. The van der Waals surface area contributed by atoms with E-state index in [1.54, 1.807) is 0 Å². The Kier molecular flexibility index (Phi) is 7.07. The van der Waals surface area contributed by atoms with Crippen molar-refractivity contribution in [3.63, 3.8) is 0 Å². The normalized spacial score (nSPS) is 26.1. The summed E-state index contributed by atoms with van der Waals surface area (Å²) < 4.78 is 5.30. The summed E-state index contributed by atoms with van der Waals surface area (Å²) >= 11 is 0. The molecule has 0 bridgehead atoms. The highest BCUT2D eigenvalue weighted by molar-refractivity contribution is 5.78. The lowest BCUT2D eigenvalue weighted by Crippen LogP contribution is -2.50. The number of hydrogen-bond donors (Lipinski definition) is 2. The average Bonchev–Trinajstić information content (AvgIpc) is 2.49. The van der Waals surface area contributed by atoms with E-state index in [9.17, 15) is 9.59 Å². The van der Waals surface area contributed by atoms with Crippen LogP contribution in [-0.4, -0.2) is 79.3 Å². The number of nitrogens with one attached hydrogen (secondary N) is 2. The van der Waals surface area contributed by atoms with Crippen LogP contribution in [0.5, 0.6) is 0 Å². The van der Waals surface area contributed by atoms with E-state index in [0.717, 1.165) is 51.9 Å². The van der Waals surface area contributed by atoms with Crippen molar-refractivity contribution in [2.24, 2.45) is 0 Å². The highest BCUT2D eigenvalue weighted by Crippen LogP contribution is 2.19. The molecular weight excluding hydrogens is 320 g/mol. The van der Waals surface area contributed by atoms with Crippen molar-refractivity contribution in [1.82, 2.24) is 20.4 Å². The largest absolute Gasteiger partial charge is 0.444 e. The molecule has 0 aromatic heterocycles. The zero-order chi connectivity index (χ0) is 18.4. The van der Waals surface area contributed by atoms with Gasteiger partial charge in [0.05, 0.1) is 6.54 Å². The minimum Gasteiger partial charge on any atom is -0.444 e. The molecule has 2 rings (SSSR count). The molecule has 7 nitrogen and oxygen atoms in total. The van der Waals surface area contributed by atoms with Gasteiger partial charge < -0.3 is 20.3 Å². The summed E-state index contributed by atoms with van der Waals surface area (Å²) in [6, 6.07) is 0.359. The van der Waals surface area contributed by atoms with Gasteiger partial charge in [-0.1, -0.05) is 0 Å². The Labute approximate surface area is 151 Å². The molecule has 0 aromatic rings. The van der Waals surface area contributed by atoms with Crippen molar-refractivity contribution in [2.75, 3.05) is 39.8 Å². The van der Waals surface area contributed by atoms with Crippen LogP contribution in [-0.2, 0) is 9.53 Å². The Balaban J connectivity index is 1.63. The molecule has 0 atom stereocenters. The molecule has 2 fully saturated rings. The van der Waals surface area contributed by atoms with Gasteiger partial charge >= 0.3 is 6.09 Å². The third-order valence-corrected chi connectivity index (χ3v) is 4.78. The van der Waals surface area contributed by atoms with Crippen molar-refractivity contribution < 1.29 is 14.3 Å². The Morgan fingerprint density at radius 3 is 2.00 bits per heavy atom. The third-order valence-electron chi connectivity index (χ3n) is 4.78. The molecule has 1 saturated carbocycles. The van der Waals surface area contributed by atoms with E-state index in [-0.39, 0.29) is 24.1 Å². The van der Waals surface area contributed by atoms with Gasteiger partial charge in [-0.05, 0) is 53.5 Å². The first-order valence-electron chi connectivity index (χ1n) is 9.41. The molecule has 0 unspecified atom stereocenters. The molecule has 7 heteroatoms. The molecular formula is C18H34N4O3. The Morgan fingerprint density at radius 1 is 0.960 bits per heavy atom. The lowest BCUT2D eigenvalue weighted by molar-refractivity contribution is -0.123. The maximum Gasteiger partial charge on any atom is 0.407 e. The monoisotopic (exact) mass is 354 g/mol.